The summed E-state index contributed by atoms with van der Waals surface area (Å²) in [5.41, 5.74) is 0. The lowest BCUT2D eigenvalue weighted by Crippen LogP contribution is -2.58. The van der Waals surface area contributed by atoms with Crippen molar-refractivity contribution < 1.29 is 29.9 Å². The van der Waals surface area contributed by atoms with Gasteiger partial charge in [0.05, 0.1) is 6.61 Å². The molecule has 0 radical (unpaired) electrons. The first-order valence-corrected chi connectivity index (χ1v) is 3.95. The van der Waals surface area contributed by atoms with Gasteiger partial charge in [-0.15, -0.1) is 0 Å². The summed E-state index contributed by atoms with van der Waals surface area (Å²) in [4.78, 5) is 0. The van der Waals surface area contributed by atoms with Gasteiger partial charge in [0.15, 0.2) is 6.29 Å². The van der Waals surface area contributed by atoms with Crippen molar-refractivity contribution in [2.24, 2.45) is 0 Å². The smallest absolute Gasteiger partial charge is 0.186 e. The minimum atomic E-state index is -1.36. The molecule has 1 aliphatic rings. The highest BCUT2D eigenvalue weighted by atomic mass is 16.7. The molecular weight excluding hydrogens is 180 g/mol. The topological polar surface area (TPSA) is 99.4 Å². The monoisotopic (exact) mass is 194 g/mol. The van der Waals surface area contributed by atoms with E-state index in [4.69, 9.17) is 14.6 Å². The van der Waals surface area contributed by atoms with E-state index in [0.717, 1.165) is 0 Å². The molecule has 78 valence electrons. The van der Waals surface area contributed by atoms with E-state index in [0.29, 0.717) is 0 Å². The van der Waals surface area contributed by atoms with E-state index in [1.54, 1.807) is 0 Å². The standard InChI is InChI=1S/C7H14O6/c1-12-7-6(11)5(10)4(9)3(2-8)13-7/h3-11H,2H2,1H3/t3?,4-,5-,6?,7-/m1/s1. The van der Waals surface area contributed by atoms with Crippen LogP contribution in [0.2, 0.25) is 0 Å². The molecular formula is C7H14O6. The van der Waals surface area contributed by atoms with E-state index in [1.165, 1.54) is 7.11 Å². The Morgan fingerprint density at radius 1 is 1.15 bits per heavy atom. The van der Waals surface area contributed by atoms with Crippen LogP contribution in [0.5, 0.6) is 0 Å². The summed E-state index contributed by atoms with van der Waals surface area (Å²) in [6, 6.07) is 0. The van der Waals surface area contributed by atoms with Crippen LogP contribution in [0.15, 0.2) is 0 Å². The molecule has 6 nitrogen and oxygen atoms in total. The second-order valence-electron chi connectivity index (χ2n) is 2.93. The van der Waals surface area contributed by atoms with Crippen LogP contribution in [-0.4, -0.2) is 64.8 Å². The average Bonchev–Trinajstić information content (AvgIpc) is 2.15. The lowest BCUT2D eigenvalue weighted by atomic mass is 9.99. The highest BCUT2D eigenvalue weighted by Gasteiger charge is 2.43. The minimum Gasteiger partial charge on any atom is -0.394 e. The molecule has 0 bridgehead atoms. The second kappa shape index (κ2) is 4.32. The Morgan fingerprint density at radius 3 is 2.23 bits per heavy atom. The number of rotatable bonds is 2. The molecule has 0 spiro atoms. The van der Waals surface area contributed by atoms with Crippen molar-refractivity contribution in [1.29, 1.82) is 0 Å². The lowest BCUT2D eigenvalue weighted by Gasteiger charge is -2.38. The number of aliphatic hydroxyl groups excluding tert-OH is 4. The largest absolute Gasteiger partial charge is 0.394 e. The fourth-order valence-corrected chi connectivity index (χ4v) is 1.26. The Labute approximate surface area is 75.3 Å². The van der Waals surface area contributed by atoms with Crippen molar-refractivity contribution in [2.75, 3.05) is 13.7 Å². The molecule has 1 heterocycles. The number of aliphatic hydroxyl groups is 4. The zero-order valence-corrected chi connectivity index (χ0v) is 7.20. The normalized spacial score (nSPS) is 46.4. The average molecular weight is 194 g/mol. The molecule has 0 aromatic rings. The maximum Gasteiger partial charge on any atom is 0.186 e. The van der Waals surface area contributed by atoms with Gasteiger partial charge in [-0.05, 0) is 0 Å². The SMILES string of the molecule is CO[C@@H]1OC(CO)[C@@H](O)[C@@H](O)C1O. The van der Waals surface area contributed by atoms with Gasteiger partial charge < -0.3 is 29.9 Å². The van der Waals surface area contributed by atoms with Gasteiger partial charge in [0.25, 0.3) is 0 Å². The van der Waals surface area contributed by atoms with Crippen LogP contribution in [0, 0.1) is 0 Å². The summed E-state index contributed by atoms with van der Waals surface area (Å²) in [7, 11) is 1.30. The highest BCUT2D eigenvalue weighted by molar-refractivity contribution is 4.88. The van der Waals surface area contributed by atoms with Gasteiger partial charge in [-0.3, -0.25) is 0 Å². The van der Waals surface area contributed by atoms with Crippen molar-refractivity contribution in [2.45, 2.75) is 30.7 Å². The zero-order valence-electron chi connectivity index (χ0n) is 7.20. The maximum absolute atomic E-state index is 9.28. The number of methoxy groups -OCH3 is 1. The van der Waals surface area contributed by atoms with Crippen molar-refractivity contribution in [3.63, 3.8) is 0 Å². The zero-order chi connectivity index (χ0) is 10.0. The van der Waals surface area contributed by atoms with E-state index in [2.05, 4.69) is 0 Å². The van der Waals surface area contributed by atoms with Gasteiger partial charge >= 0.3 is 0 Å². The molecule has 6 heteroatoms. The van der Waals surface area contributed by atoms with E-state index in [9.17, 15) is 15.3 Å². The first kappa shape index (κ1) is 10.8. The Kier molecular flexibility index (Phi) is 3.60. The molecule has 2 unspecified atom stereocenters. The van der Waals surface area contributed by atoms with Crippen LogP contribution in [0.25, 0.3) is 0 Å². The predicted octanol–water partition coefficient (Wildman–Crippen LogP) is -2.57. The number of hydrogen-bond donors (Lipinski definition) is 4. The third kappa shape index (κ3) is 1.98. The Bertz CT molecular complexity index is 143. The molecule has 1 saturated heterocycles. The number of hydrogen-bond acceptors (Lipinski definition) is 6. The molecule has 0 amide bonds. The molecule has 0 aliphatic carbocycles. The fraction of sp³-hybridized carbons (Fsp3) is 1.00. The van der Waals surface area contributed by atoms with Gasteiger partial charge in [0, 0.05) is 7.11 Å². The maximum atomic E-state index is 9.28. The van der Waals surface area contributed by atoms with Crippen LogP contribution >= 0.6 is 0 Å². The van der Waals surface area contributed by atoms with Crippen molar-refractivity contribution in [3.8, 4) is 0 Å². The quantitative estimate of drug-likeness (QED) is 0.386. The fourth-order valence-electron chi connectivity index (χ4n) is 1.26. The summed E-state index contributed by atoms with van der Waals surface area (Å²) in [6.45, 7) is -0.440. The molecule has 1 aliphatic heterocycles. The van der Waals surface area contributed by atoms with E-state index in [-0.39, 0.29) is 0 Å². The summed E-state index contributed by atoms with van der Waals surface area (Å²) in [5, 5.41) is 36.6. The Balaban J connectivity index is 2.66. The second-order valence-corrected chi connectivity index (χ2v) is 2.93. The lowest BCUT2D eigenvalue weighted by molar-refractivity contribution is -0.294. The van der Waals surface area contributed by atoms with Gasteiger partial charge in [-0.1, -0.05) is 0 Å². The number of ether oxygens (including phenoxy) is 2. The highest BCUT2D eigenvalue weighted by Crippen LogP contribution is 2.20. The van der Waals surface area contributed by atoms with E-state index in [1.807, 2.05) is 0 Å². The molecule has 0 aromatic heterocycles. The molecule has 4 N–H and O–H groups in total. The van der Waals surface area contributed by atoms with Gasteiger partial charge in [0.2, 0.25) is 0 Å². The third-order valence-electron chi connectivity index (χ3n) is 2.08. The summed E-state index contributed by atoms with van der Waals surface area (Å²) in [5.74, 6) is 0. The van der Waals surface area contributed by atoms with E-state index >= 15 is 0 Å². The predicted molar refractivity (Wildman–Crippen MR) is 40.8 cm³/mol. The Morgan fingerprint density at radius 2 is 1.77 bits per heavy atom. The summed E-state index contributed by atoms with van der Waals surface area (Å²) >= 11 is 0. The van der Waals surface area contributed by atoms with Crippen molar-refractivity contribution in [3.05, 3.63) is 0 Å². The minimum absolute atomic E-state index is 0.440. The Hall–Kier alpha value is -0.240. The van der Waals surface area contributed by atoms with Gasteiger partial charge in [0.1, 0.15) is 24.4 Å². The van der Waals surface area contributed by atoms with Crippen LogP contribution in [0.4, 0.5) is 0 Å². The van der Waals surface area contributed by atoms with Crippen LogP contribution < -0.4 is 0 Å². The summed E-state index contributed by atoms with van der Waals surface area (Å²) in [6.07, 6.45) is -5.91. The molecule has 1 fully saturated rings. The van der Waals surface area contributed by atoms with Crippen LogP contribution in [0.1, 0.15) is 0 Å². The van der Waals surface area contributed by atoms with Crippen molar-refractivity contribution in [1.82, 2.24) is 0 Å². The molecule has 0 saturated carbocycles. The first-order valence-electron chi connectivity index (χ1n) is 3.95. The third-order valence-corrected chi connectivity index (χ3v) is 2.08. The van der Waals surface area contributed by atoms with Crippen LogP contribution in [0.3, 0.4) is 0 Å². The van der Waals surface area contributed by atoms with Crippen molar-refractivity contribution >= 4 is 0 Å². The molecule has 0 aromatic carbocycles. The van der Waals surface area contributed by atoms with Gasteiger partial charge in [-0.2, -0.15) is 0 Å². The molecule has 13 heavy (non-hydrogen) atoms. The first-order chi connectivity index (χ1) is 6.11. The van der Waals surface area contributed by atoms with Crippen LogP contribution in [-0.2, 0) is 9.47 Å². The van der Waals surface area contributed by atoms with E-state index < -0.39 is 37.3 Å². The van der Waals surface area contributed by atoms with Gasteiger partial charge in [-0.25, -0.2) is 0 Å². The molecule has 1 rings (SSSR count). The molecule has 5 atom stereocenters. The summed E-state index contributed by atoms with van der Waals surface area (Å²) < 4.78 is 9.65.